The first kappa shape index (κ1) is 5.54. The van der Waals surface area contributed by atoms with E-state index in [1.54, 1.807) is 7.55 Å². The van der Waals surface area contributed by atoms with Crippen molar-refractivity contribution in [3.63, 3.8) is 0 Å². The summed E-state index contributed by atoms with van der Waals surface area (Å²) in [6.07, 6.45) is 1.88. The van der Waals surface area contributed by atoms with Crippen LogP contribution in [0.4, 0.5) is 0 Å². The van der Waals surface area contributed by atoms with E-state index in [9.17, 15) is 0 Å². The highest BCUT2D eigenvalue weighted by Gasteiger charge is 2.11. The van der Waals surface area contributed by atoms with Gasteiger partial charge in [0.05, 0.1) is 0 Å². The quantitative estimate of drug-likeness (QED) is 0.264. The van der Waals surface area contributed by atoms with Crippen molar-refractivity contribution in [3.8, 4) is 6.19 Å². The normalized spacial score (nSPS) is 17.1. The summed E-state index contributed by atoms with van der Waals surface area (Å²) in [6.45, 7) is 0. The molecule has 0 saturated carbocycles. The van der Waals surface area contributed by atoms with Gasteiger partial charge in [-0.1, -0.05) is 0 Å². The topological polar surface area (TPSA) is 51.1 Å². The predicted molar refractivity (Wildman–Crippen MR) is 31.0 cm³/mol. The molecule has 0 unspecified atom stereocenters. The number of hydrogen-bond donors (Lipinski definition) is 2. The van der Waals surface area contributed by atoms with E-state index in [0.717, 1.165) is 0 Å². The van der Waals surface area contributed by atoms with Crippen molar-refractivity contribution in [1.82, 2.24) is 15.0 Å². The summed E-state index contributed by atoms with van der Waals surface area (Å²) < 4.78 is 1.32. The highest BCUT2D eigenvalue weighted by atomic mass is 15.1. The van der Waals surface area contributed by atoms with Gasteiger partial charge in [0.15, 0.2) is 6.19 Å². The second-order valence-electron chi connectivity index (χ2n) is 1.24. The Balaban J connectivity index is 2.25. The molecule has 0 aliphatic carbocycles. The molecule has 0 aromatic heterocycles. The van der Waals surface area contributed by atoms with Gasteiger partial charge in [0.25, 0.3) is 7.55 Å². The molecule has 0 atom stereocenters. The Kier molecular flexibility index (Phi) is 1.83. The summed E-state index contributed by atoms with van der Waals surface area (Å²) in [5, 5.41) is 13.6. The smallest absolute Gasteiger partial charge is 0.333 e. The maximum absolute atomic E-state index is 8.21. The highest BCUT2D eigenvalue weighted by Crippen LogP contribution is 1.73. The molecular weight excluding hydrogens is 100 g/mol. The lowest BCUT2D eigenvalue weighted by atomic mass is 9.82. The first-order chi connectivity index (χ1) is 3.93. The lowest BCUT2D eigenvalue weighted by molar-refractivity contribution is 0.908. The number of nitriles is 1. The lowest BCUT2D eigenvalue weighted by Gasteiger charge is -2.17. The molecule has 1 aliphatic rings. The zero-order valence-corrected chi connectivity index (χ0v) is 4.13. The Hall–Kier alpha value is -0.595. The van der Waals surface area contributed by atoms with Gasteiger partial charge in [-0.2, -0.15) is 5.26 Å². The van der Waals surface area contributed by atoms with E-state index in [1.807, 2.05) is 6.19 Å². The fraction of sp³-hybridized carbons (Fsp3) is 0. The molecule has 2 N–H and O–H groups in total. The molecule has 1 heterocycles. The Morgan fingerprint density at radius 1 is 1.38 bits per heavy atom. The monoisotopic (exact) mass is 103 g/mol. The van der Waals surface area contributed by atoms with Gasteiger partial charge >= 0.3 is 15.1 Å². The predicted octanol–water partition coefficient (Wildman–Crippen LogP) is -2.44. The Labute approximate surface area is 50.1 Å². The van der Waals surface area contributed by atoms with Gasteiger partial charge < -0.3 is 15.0 Å². The van der Waals surface area contributed by atoms with Crippen molar-refractivity contribution < 1.29 is 0 Å². The third-order valence-electron chi connectivity index (χ3n) is 0.709. The minimum atomic E-state index is 1.32. The second kappa shape index (κ2) is 2.65. The molecule has 7 heteroatoms. The molecule has 1 rings (SSSR count). The van der Waals surface area contributed by atoms with Crippen LogP contribution in [0, 0.1) is 11.5 Å². The lowest BCUT2D eigenvalue weighted by Crippen LogP contribution is -2.55. The molecule has 1 saturated heterocycles. The van der Waals surface area contributed by atoms with E-state index in [4.69, 9.17) is 5.26 Å². The summed E-state index contributed by atoms with van der Waals surface area (Å²) in [4.78, 5) is 0. The fourth-order valence-corrected chi connectivity index (χ4v) is 0.378. The fourth-order valence-electron chi connectivity index (χ4n) is 0.378. The molecule has 0 bridgehead atoms. The third-order valence-corrected chi connectivity index (χ3v) is 0.709. The van der Waals surface area contributed by atoms with Crippen LogP contribution < -0.4 is 10.3 Å². The Morgan fingerprint density at radius 2 is 2.00 bits per heavy atom. The first-order valence-electron chi connectivity index (χ1n) is 2.12. The summed E-state index contributed by atoms with van der Waals surface area (Å²) in [6, 6.07) is 0. The van der Waals surface area contributed by atoms with Crippen LogP contribution in [0.5, 0.6) is 0 Å². The van der Waals surface area contributed by atoms with Gasteiger partial charge in [-0.25, -0.2) is 0 Å². The molecule has 0 aromatic carbocycles. The van der Waals surface area contributed by atoms with Crippen LogP contribution in [0.3, 0.4) is 0 Å². The maximum atomic E-state index is 8.21. The summed E-state index contributed by atoms with van der Waals surface area (Å²) >= 11 is 0. The van der Waals surface area contributed by atoms with Crippen LogP contribution in [-0.2, 0) is 0 Å². The van der Waals surface area contributed by atoms with Gasteiger partial charge in [-0.15, -0.1) is 0 Å². The standard InChI is InChI=1S/CH2B3N4/c5-1-8-3-6-2-7-4-8/h6-7H. The summed E-state index contributed by atoms with van der Waals surface area (Å²) in [7, 11) is 4.70. The Morgan fingerprint density at radius 3 is 2.38 bits per heavy atom. The minimum absolute atomic E-state index is 1.32. The molecule has 0 aromatic rings. The largest absolute Gasteiger partial charge is 0.376 e. The average molecular weight is 102 g/mol. The zero-order chi connectivity index (χ0) is 5.82. The van der Waals surface area contributed by atoms with Gasteiger partial charge in [-0.3, -0.25) is 0 Å². The van der Waals surface area contributed by atoms with E-state index in [-0.39, 0.29) is 0 Å². The number of nitrogens with zero attached hydrogens (tertiary/aromatic N) is 2. The van der Waals surface area contributed by atoms with E-state index >= 15 is 0 Å². The van der Waals surface area contributed by atoms with E-state index in [2.05, 4.69) is 10.3 Å². The summed E-state index contributed by atoms with van der Waals surface area (Å²) in [5.41, 5.74) is 0. The van der Waals surface area contributed by atoms with Crippen LogP contribution in [0.15, 0.2) is 0 Å². The molecule has 1 aliphatic heterocycles. The van der Waals surface area contributed by atoms with Gasteiger partial charge in [-0.05, 0) is 0 Å². The number of hydrogen-bond acceptors (Lipinski definition) is 4. The average Bonchev–Trinajstić information content (AvgIpc) is 1.90. The molecule has 3 radical (unpaired) electrons. The highest BCUT2D eigenvalue weighted by molar-refractivity contribution is 6.65. The van der Waals surface area contributed by atoms with E-state index < -0.39 is 0 Å². The number of nitrogens with one attached hydrogen (secondary N) is 2. The van der Waals surface area contributed by atoms with E-state index in [0.29, 0.717) is 0 Å². The van der Waals surface area contributed by atoms with Crippen molar-refractivity contribution in [1.29, 1.82) is 5.26 Å². The van der Waals surface area contributed by atoms with Gasteiger partial charge in [0.2, 0.25) is 0 Å². The molecule has 35 valence electrons. The number of rotatable bonds is 0. The van der Waals surface area contributed by atoms with Crippen LogP contribution in [-0.4, -0.2) is 27.4 Å². The van der Waals surface area contributed by atoms with Gasteiger partial charge in [0.1, 0.15) is 0 Å². The van der Waals surface area contributed by atoms with Crippen molar-refractivity contribution in [3.05, 3.63) is 0 Å². The van der Waals surface area contributed by atoms with Crippen LogP contribution in [0.1, 0.15) is 0 Å². The van der Waals surface area contributed by atoms with Crippen molar-refractivity contribution in [2.45, 2.75) is 0 Å². The molecule has 8 heavy (non-hydrogen) atoms. The van der Waals surface area contributed by atoms with Crippen LogP contribution in [0.25, 0.3) is 0 Å². The van der Waals surface area contributed by atoms with Crippen molar-refractivity contribution in [2.24, 2.45) is 0 Å². The van der Waals surface area contributed by atoms with Gasteiger partial charge in [0, 0.05) is 0 Å². The summed E-state index contributed by atoms with van der Waals surface area (Å²) in [5.74, 6) is 0. The molecular formula is CH2B3N4. The molecule has 4 nitrogen and oxygen atoms in total. The first-order valence-corrected chi connectivity index (χ1v) is 2.12. The second-order valence-corrected chi connectivity index (χ2v) is 1.24. The molecule has 0 amide bonds. The SMILES string of the molecule is N#CN1[B]N[B]N[B]1. The Bertz CT molecular complexity index is 102. The zero-order valence-electron chi connectivity index (χ0n) is 4.13. The van der Waals surface area contributed by atoms with Crippen LogP contribution >= 0.6 is 0 Å². The third kappa shape index (κ3) is 1.19. The van der Waals surface area contributed by atoms with E-state index in [1.165, 1.54) is 19.8 Å². The minimum Gasteiger partial charge on any atom is -0.376 e. The molecule has 1 fully saturated rings. The van der Waals surface area contributed by atoms with Crippen molar-refractivity contribution >= 4 is 22.6 Å². The maximum Gasteiger partial charge on any atom is 0.333 e. The van der Waals surface area contributed by atoms with Crippen LogP contribution in [0.2, 0.25) is 0 Å². The molecule has 0 spiro atoms. The van der Waals surface area contributed by atoms with Crippen molar-refractivity contribution in [2.75, 3.05) is 0 Å².